The first kappa shape index (κ1) is 17.3. The third-order valence-electron chi connectivity index (χ3n) is 5.15. The first-order chi connectivity index (χ1) is 10.6. The first-order valence-electron chi connectivity index (χ1n) is 8.89. The van der Waals surface area contributed by atoms with E-state index >= 15 is 0 Å². The Bertz CT molecular complexity index is 370. The van der Waals surface area contributed by atoms with E-state index in [-0.39, 0.29) is 24.4 Å². The molecule has 22 heavy (non-hydrogen) atoms. The third-order valence-corrected chi connectivity index (χ3v) is 5.15. The minimum atomic E-state index is 0.0486. The summed E-state index contributed by atoms with van der Waals surface area (Å²) < 4.78 is 0. The van der Waals surface area contributed by atoms with E-state index in [0.29, 0.717) is 0 Å². The van der Waals surface area contributed by atoms with Crippen LogP contribution in [0.4, 0.5) is 0 Å². The van der Waals surface area contributed by atoms with Gasteiger partial charge in [-0.25, -0.2) is 0 Å². The lowest BCUT2D eigenvalue weighted by Gasteiger charge is -2.36. The Morgan fingerprint density at radius 1 is 1.00 bits per heavy atom. The highest BCUT2D eigenvalue weighted by Gasteiger charge is 2.27. The number of nitrogens with zero attached hydrogens (tertiary/aromatic N) is 3. The van der Waals surface area contributed by atoms with Crippen LogP contribution in [-0.2, 0) is 9.59 Å². The average Bonchev–Trinajstić information content (AvgIpc) is 2.81. The number of carbonyl (C=O) groups is 2. The Morgan fingerprint density at radius 2 is 1.59 bits per heavy atom. The van der Waals surface area contributed by atoms with Crippen LogP contribution in [0, 0.1) is 0 Å². The van der Waals surface area contributed by atoms with Crippen LogP contribution in [-0.4, -0.2) is 71.8 Å². The van der Waals surface area contributed by atoms with Crippen molar-refractivity contribution in [1.29, 1.82) is 0 Å². The van der Waals surface area contributed by atoms with E-state index in [9.17, 15) is 9.59 Å². The van der Waals surface area contributed by atoms with Crippen molar-refractivity contribution in [3.05, 3.63) is 0 Å². The minimum Gasteiger partial charge on any atom is -0.339 e. The fourth-order valence-corrected chi connectivity index (χ4v) is 3.63. The molecule has 0 N–H and O–H groups in total. The van der Waals surface area contributed by atoms with E-state index in [1.165, 1.54) is 25.7 Å². The lowest BCUT2D eigenvalue weighted by molar-refractivity contribution is -0.142. The van der Waals surface area contributed by atoms with Gasteiger partial charge in [-0.3, -0.25) is 9.59 Å². The van der Waals surface area contributed by atoms with E-state index in [4.69, 9.17) is 0 Å². The lowest BCUT2D eigenvalue weighted by atomic mass is 10.1. The van der Waals surface area contributed by atoms with Crippen molar-refractivity contribution in [3.63, 3.8) is 0 Å². The molecule has 1 aliphatic heterocycles. The topological polar surface area (TPSA) is 43.9 Å². The van der Waals surface area contributed by atoms with Crippen LogP contribution in [0.2, 0.25) is 0 Å². The van der Waals surface area contributed by atoms with Crippen LogP contribution in [0.3, 0.4) is 0 Å². The number of carbonyl (C=O) groups excluding carboxylic acids is 2. The van der Waals surface area contributed by atoms with Crippen LogP contribution < -0.4 is 0 Å². The highest BCUT2D eigenvalue weighted by atomic mass is 16.2. The summed E-state index contributed by atoms with van der Waals surface area (Å²) in [5.41, 5.74) is 0. The predicted octanol–water partition coefficient (Wildman–Crippen LogP) is 1.72. The summed E-state index contributed by atoms with van der Waals surface area (Å²) in [6.45, 7) is 8.56. The van der Waals surface area contributed by atoms with Crippen molar-refractivity contribution in [2.45, 2.75) is 58.4 Å². The smallest absolute Gasteiger partial charge is 0.242 e. The third kappa shape index (κ3) is 4.70. The summed E-state index contributed by atoms with van der Waals surface area (Å²) in [4.78, 5) is 30.7. The quantitative estimate of drug-likeness (QED) is 0.743. The van der Waals surface area contributed by atoms with Crippen molar-refractivity contribution in [3.8, 4) is 0 Å². The Balaban J connectivity index is 1.90. The summed E-state index contributed by atoms with van der Waals surface area (Å²) in [7, 11) is 0. The maximum Gasteiger partial charge on any atom is 0.242 e. The molecule has 1 saturated carbocycles. The molecule has 5 heteroatoms. The molecule has 5 nitrogen and oxygen atoms in total. The molecule has 0 spiro atoms. The Morgan fingerprint density at radius 3 is 2.09 bits per heavy atom. The highest BCUT2D eigenvalue weighted by Crippen LogP contribution is 2.22. The Kier molecular flexibility index (Phi) is 6.68. The van der Waals surface area contributed by atoms with Crippen LogP contribution in [0.5, 0.6) is 0 Å². The molecule has 0 bridgehead atoms. The fourth-order valence-electron chi connectivity index (χ4n) is 3.63. The minimum absolute atomic E-state index is 0.0486. The van der Waals surface area contributed by atoms with Gasteiger partial charge in [0.25, 0.3) is 0 Å². The zero-order valence-corrected chi connectivity index (χ0v) is 14.2. The van der Waals surface area contributed by atoms with Gasteiger partial charge in [0.2, 0.25) is 11.8 Å². The number of amides is 2. The fraction of sp³-hybridized carbons (Fsp3) is 0.882. The van der Waals surface area contributed by atoms with Gasteiger partial charge < -0.3 is 14.7 Å². The molecule has 1 heterocycles. The second-order valence-corrected chi connectivity index (χ2v) is 6.61. The van der Waals surface area contributed by atoms with Crippen LogP contribution in [0.1, 0.15) is 52.4 Å². The summed E-state index contributed by atoms with van der Waals surface area (Å²) in [5.74, 6) is 0.169. The zero-order valence-electron chi connectivity index (χ0n) is 14.2. The van der Waals surface area contributed by atoms with Gasteiger partial charge in [0.1, 0.15) is 0 Å². The standard InChI is InChI=1S/C17H31N3O2/c1-3-18-10-12-19(13-11-18)17(22)14-20(15(2)21)16-8-6-4-5-7-9-16/h16H,3-14H2,1-2H3. The molecule has 126 valence electrons. The second-order valence-electron chi connectivity index (χ2n) is 6.61. The maximum absolute atomic E-state index is 12.6. The molecule has 0 atom stereocenters. The van der Waals surface area contributed by atoms with E-state index in [1.54, 1.807) is 6.92 Å². The Hall–Kier alpha value is -1.10. The molecule has 2 rings (SSSR count). The van der Waals surface area contributed by atoms with Gasteiger partial charge in [-0.1, -0.05) is 32.6 Å². The molecular weight excluding hydrogens is 278 g/mol. The molecular formula is C17H31N3O2. The SMILES string of the molecule is CCN1CCN(C(=O)CN(C(C)=O)C2CCCCCC2)CC1. The van der Waals surface area contributed by atoms with Crippen LogP contribution in [0.25, 0.3) is 0 Å². The van der Waals surface area contributed by atoms with Crippen molar-refractivity contribution in [2.75, 3.05) is 39.3 Å². The Labute approximate surface area is 134 Å². The van der Waals surface area contributed by atoms with Gasteiger partial charge >= 0.3 is 0 Å². The van der Waals surface area contributed by atoms with Gasteiger partial charge in [0.15, 0.2) is 0 Å². The zero-order chi connectivity index (χ0) is 15.9. The number of likely N-dealkylation sites (N-methyl/N-ethyl adjacent to an activating group) is 1. The van der Waals surface area contributed by atoms with Crippen molar-refractivity contribution in [2.24, 2.45) is 0 Å². The van der Waals surface area contributed by atoms with Crippen LogP contribution in [0.15, 0.2) is 0 Å². The summed E-state index contributed by atoms with van der Waals surface area (Å²) in [6, 6.07) is 0.265. The molecule has 2 amide bonds. The van der Waals surface area contributed by atoms with Crippen molar-refractivity contribution < 1.29 is 9.59 Å². The molecule has 0 radical (unpaired) electrons. The van der Waals surface area contributed by atoms with Crippen molar-refractivity contribution in [1.82, 2.24) is 14.7 Å². The monoisotopic (exact) mass is 309 g/mol. The van der Waals surface area contributed by atoms with Crippen LogP contribution >= 0.6 is 0 Å². The first-order valence-corrected chi connectivity index (χ1v) is 8.89. The van der Waals surface area contributed by atoms with Gasteiger partial charge in [0.05, 0.1) is 6.54 Å². The molecule has 1 aliphatic carbocycles. The number of piperazine rings is 1. The van der Waals surface area contributed by atoms with Gasteiger partial charge in [-0.05, 0) is 19.4 Å². The molecule has 1 saturated heterocycles. The van der Waals surface area contributed by atoms with Gasteiger partial charge in [-0.2, -0.15) is 0 Å². The maximum atomic E-state index is 12.6. The van der Waals surface area contributed by atoms with E-state index < -0.39 is 0 Å². The predicted molar refractivity (Wildman–Crippen MR) is 87.6 cm³/mol. The van der Waals surface area contributed by atoms with E-state index in [1.807, 2.05) is 9.80 Å². The summed E-state index contributed by atoms with van der Waals surface area (Å²) >= 11 is 0. The summed E-state index contributed by atoms with van der Waals surface area (Å²) in [6.07, 6.45) is 6.98. The van der Waals surface area contributed by atoms with E-state index in [2.05, 4.69) is 11.8 Å². The molecule has 0 aromatic carbocycles. The number of hydrogen-bond acceptors (Lipinski definition) is 3. The van der Waals surface area contributed by atoms with Crippen molar-refractivity contribution >= 4 is 11.8 Å². The molecule has 0 aromatic rings. The number of rotatable bonds is 4. The number of hydrogen-bond donors (Lipinski definition) is 0. The molecule has 0 unspecified atom stereocenters. The molecule has 0 aromatic heterocycles. The molecule has 2 aliphatic rings. The average molecular weight is 309 g/mol. The van der Waals surface area contributed by atoms with E-state index in [0.717, 1.165) is 45.6 Å². The van der Waals surface area contributed by atoms with Gasteiger partial charge in [0, 0.05) is 39.1 Å². The van der Waals surface area contributed by atoms with Gasteiger partial charge in [-0.15, -0.1) is 0 Å². The highest BCUT2D eigenvalue weighted by molar-refractivity contribution is 5.84. The molecule has 2 fully saturated rings. The normalized spacial score (nSPS) is 21.5. The summed E-state index contributed by atoms with van der Waals surface area (Å²) in [5, 5.41) is 0. The largest absolute Gasteiger partial charge is 0.339 e. The second kappa shape index (κ2) is 8.51. The lowest BCUT2D eigenvalue weighted by Crippen LogP contribution is -2.52.